The third kappa shape index (κ3) is 5.58. The molecule has 25 heavy (non-hydrogen) atoms. The lowest BCUT2D eigenvalue weighted by Crippen LogP contribution is -2.44. The van der Waals surface area contributed by atoms with Crippen LogP contribution in [0.4, 0.5) is 5.69 Å². The van der Waals surface area contributed by atoms with Crippen LogP contribution in [-0.2, 0) is 16.4 Å². The van der Waals surface area contributed by atoms with Gasteiger partial charge in [-0.15, -0.1) is 0 Å². The van der Waals surface area contributed by atoms with Crippen molar-refractivity contribution < 1.29 is 8.42 Å². The Labute approximate surface area is 152 Å². The molecule has 0 bridgehead atoms. The summed E-state index contributed by atoms with van der Waals surface area (Å²) in [6, 6.07) is 19.8. The van der Waals surface area contributed by atoms with Crippen LogP contribution < -0.4 is 4.31 Å². The second kappa shape index (κ2) is 9.02. The fraction of sp³-hybridized carbons (Fsp3) is 0.400. The van der Waals surface area contributed by atoms with Crippen molar-refractivity contribution in [1.82, 2.24) is 4.90 Å². The monoisotopic (exact) mass is 360 g/mol. The Morgan fingerprint density at radius 2 is 1.52 bits per heavy atom. The standard InChI is InChI=1S/C20H28N2O2S/c1-4-25(23,24)22(20-13-9-6-10-14-20)17-18(2)21(3)16-15-19-11-7-5-8-12-19/h5-14,18H,4,15-17H2,1-3H3. The van der Waals surface area contributed by atoms with Crippen LogP contribution in [0.5, 0.6) is 0 Å². The average molecular weight is 361 g/mol. The van der Waals surface area contributed by atoms with Gasteiger partial charge in [-0.25, -0.2) is 8.42 Å². The van der Waals surface area contributed by atoms with Crippen molar-refractivity contribution in [2.24, 2.45) is 0 Å². The van der Waals surface area contributed by atoms with Gasteiger partial charge < -0.3 is 4.90 Å². The van der Waals surface area contributed by atoms with Crippen LogP contribution in [0.25, 0.3) is 0 Å². The number of nitrogens with zero attached hydrogens (tertiary/aromatic N) is 2. The van der Waals surface area contributed by atoms with Crippen molar-refractivity contribution in [2.75, 3.05) is 30.2 Å². The van der Waals surface area contributed by atoms with Gasteiger partial charge in [0.15, 0.2) is 0 Å². The Kier molecular flexibility index (Phi) is 7.02. The zero-order chi connectivity index (χ0) is 18.3. The lowest BCUT2D eigenvalue weighted by Gasteiger charge is -2.31. The average Bonchev–Trinajstić information content (AvgIpc) is 2.65. The lowest BCUT2D eigenvalue weighted by atomic mass is 10.1. The van der Waals surface area contributed by atoms with E-state index in [0.29, 0.717) is 6.54 Å². The van der Waals surface area contributed by atoms with Gasteiger partial charge in [-0.05, 0) is 45.0 Å². The lowest BCUT2D eigenvalue weighted by molar-refractivity contribution is 0.267. The zero-order valence-corrected chi connectivity index (χ0v) is 16.1. The van der Waals surface area contributed by atoms with Crippen molar-refractivity contribution in [3.8, 4) is 0 Å². The SMILES string of the molecule is CCS(=O)(=O)N(CC(C)N(C)CCc1ccccc1)c1ccccc1. The maximum absolute atomic E-state index is 12.5. The summed E-state index contributed by atoms with van der Waals surface area (Å²) in [5.41, 5.74) is 2.02. The maximum atomic E-state index is 12.5. The molecule has 4 nitrogen and oxygen atoms in total. The molecular formula is C20H28N2O2S. The number of rotatable bonds is 9. The highest BCUT2D eigenvalue weighted by molar-refractivity contribution is 7.92. The van der Waals surface area contributed by atoms with Crippen LogP contribution in [-0.4, -0.2) is 45.2 Å². The molecule has 0 saturated carbocycles. The predicted octanol–water partition coefficient (Wildman–Crippen LogP) is 3.41. The van der Waals surface area contributed by atoms with E-state index in [4.69, 9.17) is 0 Å². The predicted molar refractivity (Wildman–Crippen MR) is 105 cm³/mol. The van der Waals surface area contributed by atoms with Crippen LogP contribution in [0.1, 0.15) is 19.4 Å². The Bertz CT molecular complexity index is 733. The molecule has 5 heteroatoms. The van der Waals surface area contributed by atoms with Gasteiger partial charge in [-0.2, -0.15) is 0 Å². The number of hydrogen-bond acceptors (Lipinski definition) is 3. The van der Waals surface area contributed by atoms with Crippen LogP contribution in [0, 0.1) is 0 Å². The fourth-order valence-corrected chi connectivity index (χ4v) is 3.88. The summed E-state index contributed by atoms with van der Waals surface area (Å²) in [7, 11) is -1.25. The van der Waals surface area contributed by atoms with Gasteiger partial charge in [0.25, 0.3) is 0 Å². The van der Waals surface area contributed by atoms with E-state index in [1.807, 2.05) is 48.5 Å². The molecule has 0 radical (unpaired) electrons. The Morgan fingerprint density at radius 3 is 2.08 bits per heavy atom. The molecule has 2 aromatic rings. The third-order valence-corrected chi connectivity index (χ3v) is 6.28. The minimum atomic E-state index is -3.30. The van der Waals surface area contributed by atoms with E-state index in [1.54, 1.807) is 6.92 Å². The first kappa shape index (κ1) is 19.5. The van der Waals surface area contributed by atoms with Crippen molar-refractivity contribution >= 4 is 15.7 Å². The van der Waals surface area contributed by atoms with Crippen molar-refractivity contribution in [2.45, 2.75) is 26.3 Å². The highest BCUT2D eigenvalue weighted by Gasteiger charge is 2.24. The number of benzene rings is 2. The van der Waals surface area contributed by atoms with Gasteiger partial charge in [0.2, 0.25) is 10.0 Å². The van der Waals surface area contributed by atoms with Gasteiger partial charge in [-0.1, -0.05) is 48.5 Å². The summed E-state index contributed by atoms with van der Waals surface area (Å²) < 4.78 is 26.6. The van der Waals surface area contributed by atoms with E-state index in [-0.39, 0.29) is 11.8 Å². The number of para-hydroxylation sites is 1. The molecule has 0 aliphatic carbocycles. The smallest absolute Gasteiger partial charge is 0.234 e. The van der Waals surface area contributed by atoms with Gasteiger partial charge in [0, 0.05) is 19.1 Å². The van der Waals surface area contributed by atoms with E-state index in [9.17, 15) is 8.42 Å². The zero-order valence-electron chi connectivity index (χ0n) is 15.3. The second-order valence-electron chi connectivity index (χ2n) is 6.33. The molecule has 0 aliphatic heterocycles. The number of hydrogen-bond donors (Lipinski definition) is 0. The number of sulfonamides is 1. The summed E-state index contributed by atoms with van der Waals surface area (Å²) >= 11 is 0. The van der Waals surface area contributed by atoms with E-state index in [2.05, 4.69) is 31.0 Å². The van der Waals surface area contributed by atoms with E-state index in [1.165, 1.54) is 9.87 Å². The minimum Gasteiger partial charge on any atom is -0.302 e. The summed E-state index contributed by atoms with van der Waals surface area (Å²) in [6.45, 7) is 5.10. The highest BCUT2D eigenvalue weighted by Crippen LogP contribution is 2.19. The van der Waals surface area contributed by atoms with Crippen molar-refractivity contribution in [1.29, 1.82) is 0 Å². The van der Waals surface area contributed by atoms with E-state index < -0.39 is 10.0 Å². The molecule has 0 aromatic heterocycles. The highest BCUT2D eigenvalue weighted by atomic mass is 32.2. The van der Waals surface area contributed by atoms with Crippen molar-refractivity contribution in [3.63, 3.8) is 0 Å². The number of likely N-dealkylation sites (N-methyl/N-ethyl adjacent to an activating group) is 1. The molecular weight excluding hydrogens is 332 g/mol. The molecule has 0 amide bonds. The molecule has 1 unspecified atom stereocenters. The maximum Gasteiger partial charge on any atom is 0.234 e. The second-order valence-corrected chi connectivity index (χ2v) is 8.51. The molecule has 0 saturated heterocycles. The molecule has 0 N–H and O–H groups in total. The Hall–Kier alpha value is -1.85. The molecule has 0 spiro atoms. The Balaban J connectivity index is 2.04. The quantitative estimate of drug-likeness (QED) is 0.688. The first-order chi connectivity index (χ1) is 11.9. The summed E-state index contributed by atoms with van der Waals surface area (Å²) in [5, 5.41) is 0. The fourth-order valence-electron chi connectivity index (χ4n) is 2.68. The molecule has 0 heterocycles. The molecule has 2 rings (SSSR count). The minimum absolute atomic E-state index is 0.0995. The van der Waals surface area contributed by atoms with Gasteiger partial charge >= 0.3 is 0 Å². The van der Waals surface area contributed by atoms with Crippen LogP contribution in [0.2, 0.25) is 0 Å². The van der Waals surface area contributed by atoms with Crippen LogP contribution >= 0.6 is 0 Å². The Morgan fingerprint density at radius 1 is 0.960 bits per heavy atom. The summed E-state index contributed by atoms with van der Waals surface area (Å²) in [6.07, 6.45) is 0.952. The largest absolute Gasteiger partial charge is 0.302 e. The molecule has 1 atom stereocenters. The van der Waals surface area contributed by atoms with Gasteiger partial charge in [-0.3, -0.25) is 4.31 Å². The topological polar surface area (TPSA) is 40.6 Å². The van der Waals surface area contributed by atoms with Crippen molar-refractivity contribution in [3.05, 3.63) is 66.2 Å². The molecule has 0 fully saturated rings. The summed E-state index contributed by atoms with van der Waals surface area (Å²) in [4.78, 5) is 2.22. The summed E-state index contributed by atoms with van der Waals surface area (Å²) in [5.74, 6) is 0.0995. The number of anilines is 1. The van der Waals surface area contributed by atoms with Crippen LogP contribution in [0.3, 0.4) is 0 Å². The first-order valence-electron chi connectivity index (χ1n) is 8.73. The molecule has 136 valence electrons. The van der Waals surface area contributed by atoms with Gasteiger partial charge in [0.05, 0.1) is 11.4 Å². The normalized spacial score (nSPS) is 13.0. The van der Waals surface area contributed by atoms with Gasteiger partial charge in [0.1, 0.15) is 0 Å². The molecule has 0 aliphatic rings. The molecule has 2 aromatic carbocycles. The van der Waals surface area contributed by atoms with E-state index >= 15 is 0 Å². The van der Waals surface area contributed by atoms with Crippen LogP contribution in [0.15, 0.2) is 60.7 Å². The first-order valence-corrected chi connectivity index (χ1v) is 10.3. The third-order valence-electron chi connectivity index (χ3n) is 4.52. The van der Waals surface area contributed by atoms with E-state index in [0.717, 1.165) is 18.7 Å².